The third-order valence-electron chi connectivity index (χ3n) is 1.41. The zero-order valence-electron chi connectivity index (χ0n) is 9.40. The zero-order chi connectivity index (χ0) is 11.4. The highest BCUT2D eigenvalue weighted by Crippen LogP contribution is 2.11. The molecule has 0 fully saturated rings. The van der Waals surface area contributed by atoms with Gasteiger partial charge in [0.05, 0.1) is 7.11 Å². The number of esters is 2. The molecule has 0 aliphatic heterocycles. The van der Waals surface area contributed by atoms with Gasteiger partial charge in [0, 0.05) is 6.54 Å². The second kappa shape index (κ2) is 6.63. The summed E-state index contributed by atoms with van der Waals surface area (Å²) in [5, 5.41) is 0. The second-order valence-electron chi connectivity index (χ2n) is 3.84. The van der Waals surface area contributed by atoms with Crippen LogP contribution in [-0.4, -0.2) is 31.2 Å². The van der Waals surface area contributed by atoms with E-state index in [1.165, 1.54) is 7.11 Å². The van der Waals surface area contributed by atoms with Crippen molar-refractivity contribution < 1.29 is 19.1 Å². The highest BCUT2D eigenvalue weighted by Gasteiger charge is 2.30. The lowest BCUT2D eigenvalue weighted by atomic mass is 10.1. The Morgan fingerprint density at radius 2 is 1.73 bits per heavy atom. The summed E-state index contributed by atoms with van der Waals surface area (Å²) < 4.78 is 9.41. The van der Waals surface area contributed by atoms with Gasteiger partial charge in [-0.2, -0.15) is 0 Å². The van der Waals surface area contributed by atoms with Crippen molar-refractivity contribution in [1.29, 1.82) is 0 Å². The molecule has 15 heavy (non-hydrogen) atoms. The molecule has 6 heteroatoms. The minimum Gasteiger partial charge on any atom is -0.468 e. The molecule has 0 radical (unpaired) electrons. The minimum atomic E-state index is -1.03. The Bertz CT molecular complexity index is 225. The van der Waals surface area contributed by atoms with Crippen LogP contribution in [0.3, 0.4) is 0 Å². The molecule has 0 aliphatic carbocycles. The first-order valence-corrected chi connectivity index (χ1v) is 4.32. The van der Waals surface area contributed by atoms with Crippen LogP contribution >= 0.6 is 12.4 Å². The molecule has 0 rings (SSSR count). The molecule has 0 spiro atoms. The van der Waals surface area contributed by atoms with Crippen molar-refractivity contribution in [2.75, 3.05) is 13.7 Å². The molecular formula is C9H18ClNO4. The number of hydrogen-bond donors (Lipinski definition) is 1. The third kappa shape index (κ3) is 6.30. The average Bonchev–Trinajstić information content (AvgIpc) is 2.01. The third-order valence-corrected chi connectivity index (χ3v) is 1.41. The van der Waals surface area contributed by atoms with Gasteiger partial charge in [0.1, 0.15) is 5.60 Å². The maximum Gasteiger partial charge on any atom is 0.322 e. The normalized spacial score (nSPS) is 12.3. The lowest BCUT2D eigenvalue weighted by Crippen LogP contribution is -2.37. The largest absolute Gasteiger partial charge is 0.468 e. The van der Waals surface area contributed by atoms with E-state index in [2.05, 4.69) is 4.74 Å². The zero-order valence-corrected chi connectivity index (χ0v) is 10.2. The summed E-state index contributed by atoms with van der Waals surface area (Å²) in [5.41, 5.74) is 4.64. The number of ether oxygens (including phenoxy) is 2. The number of halogens is 1. The van der Waals surface area contributed by atoms with Crippen LogP contribution in [-0.2, 0) is 19.1 Å². The summed E-state index contributed by atoms with van der Waals surface area (Å²) in [7, 11) is 1.20. The lowest BCUT2D eigenvalue weighted by Gasteiger charge is -2.22. The van der Waals surface area contributed by atoms with Gasteiger partial charge < -0.3 is 15.2 Å². The molecule has 1 unspecified atom stereocenters. The Hall–Kier alpha value is -0.810. The van der Waals surface area contributed by atoms with Gasteiger partial charge >= 0.3 is 11.9 Å². The van der Waals surface area contributed by atoms with Crippen molar-refractivity contribution in [2.24, 2.45) is 11.7 Å². The van der Waals surface area contributed by atoms with Crippen LogP contribution in [0, 0.1) is 5.92 Å². The topological polar surface area (TPSA) is 78.6 Å². The van der Waals surface area contributed by atoms with Gasteiger partial charge in [0.25, 0.3) is 0 Å². The number of methoxy groups -OCH3 is 1. The Balaban J connectivity index is 0. The predicted octanol–water partition coefficient (Wildman–Crippen LogP) is 0.498. The van der Waals surface area contributed by atoms with Crippen molar-refractivity contribution in [2.45, 2.75) is 26.4 Å². The molecule has 0 aliphatic rings. The molecule has 90 valence electrons. The lowest BCUT2D eigenvalue weighted by molar-refractivity contribution is -0.167. The van der Waals surface area contributed by atoms with Gasteiger partial charge in [0.2, 0.25) is 0 Å². The molecule has 0 amide bonds. The molecule has 5 nitrogen and oxygen atoms in total. The quantitative estimate of drug-likeness (QED) is 0.573. The van der Waals surface area contributed by atoms with E-state index in [9.17, 15) is 9.59 Å². The average molecular weight is 240 g/mol. The summed E-state index contributed by atoms with van der Waals surface area (Å²) in [5.74, 6) is -2.34. The van der Waals surface area contributed by atoms with Gasteiger partial charge in [-0.1, -0.05) is 0 Å². The van der Waals surface area contributed by atoms with Crippen LogP contribution in [0.15, 0.2) is 0 Å². The first-order valence-electron chi connectivity index (χ1n) is 4.32. The fraction of sp³-hybridized carbons (Fsp3) is 0.778. The van der Waals surface area contributed by atoms with E-state index in [1.54, 1.807) is 20.8 Å². The van der Waals surface area contributed by atoms with Crippen molar-refractivity contribution >= 4 is 24.3 Å². The highest BCUT2D eigenvalue weighted by atomic mass is 35.5. The number of nitrogens with two attached hydrogens (primary N) is 1. The Labute approximate surface area is 95.7 Å². The molecule has 2 N–H and O–H groups in total. The van der Waals surface area contributed by atoms with Crippen LogP contribution < -0.4 is 5.73 Å². The molecule has 0 saturated carbocycles. The molecule has 1 atom stereocenters. The van der Waals surface area contributed by atoms with E-state index in [1.807, 2.05) is 0 Å². The van der Waals surface area contributed by atoms with E-state index in [4.69, 9.17) is 10.5 Å². The Morgan fingerprint density at radius 3 is 2.00 bits per heavy atom. The van der Waals surface area contributed by atoms with Crippen LogP contribution in [0.1, 0.15) is 20.8 Å². The second-order valence-corrected chi connectivity index (χ2v) is 3.84. The molecule has 0 aromatic rings. The standard InChI is InChI=1S/C9H17NO4.ClH/c1-9(2,3)14-8(12)6(5-10)7(11)13-4;/h6H,5,10H2,1-4H3;1H. The SMILES string of the molecule is COC(=O)C(CN)C(=O)OC(C)(C)C.Cl. The van der Waals surface area contributed by atoms with E-state index in [-0.39, 0.29) is 19.0 Å². The van der Waals surface area contributed by atoms with Crippen LogP contribution in [0.5, 0.6) is 0 Å². The molecule has 0 aromatic heterocycles. The van der Waals surface area contributed by atoms with E-state index < -0.39 is 23.5 Å². The van der Waals surface area contributed by atoms with Crippen LogP contribution in [0.4, 0.5) is 0 Å². The van der Waals surface area contributed by atoms with Gasteiger partial charge in [-0.15, -0.1) is 12.4 Å². The number of hydrogen-bond acceptors (Lipinski definition) is 5. The number of rotatable bonds is 3. The summed E-state index contributed by atoms with van der Waals surface area (Å²) in [4.78, 5) is 22.5. The molecule has 0 bridgehead atoms. The van der Waals surface area contributed by atoms with Crippen LogP contribution in [0.25, 0.3) is 0 Å². The fourth-order valence-corrected chi connectivity index (χ4v) is 0.804. The summed E-state index contributed by atoms with van der Waals surface area (Å²) in [6, 6.07) is 0. The molecular weight excluding hydrogens is 222 g/mol. The van der Waals surface area contributed by atoms with E-state index in [0.29, 0.717) is 0 Å². The Morgan fingerprint density at radius 1 is 1.27 bits per heavy atom. The van der Waals surface area contributed by atoms with Gasteiger partial charge in [-0.05, 0) is 20.8 Å². The smallest absolute Gasteiger partial charge is 0.322 e. The van der Waals surface area contributed by atoms with Crippen molar-refractivity contribution in [3.05, 3.63) is 0 Å². The van der Waals surface area contributed by atoms with Gasteiger partial charge in [0.15, 0.2) is 5.92 Å². The minimum absolute atomic E-state index is 0. The van der Waals surface area contributed by atoms with Crippen molar-refractivity contribution in [1.82, 2.24) is 0 Å². The van der Waals surface area contributed by atoms with Crippen molar-refractivity contribution in [3.63, 3.8) is 0 Å². The summed E-state index contributed by atoms with van der Waals surface area (Å²) in [6.07, 6.45) is 0. The fourth-order valence-electron chi connectivity index (χ4n) is 0.804. The summed E-state index contributed by atoms with van der Waals surface area (Å²) >= 11 is 0. The van der Waals surface area contributed by atoms with Crippen molar-refractivity contribution in [3.8, 4) is 0 Å². The monoisotopic (exact) mass is 239 g/mol. The van der Waals surface area contributed by atoms with E-state index >= 15 is 0 Å². The maximum absolute atomic E-state index is 11.4. The number of carbonyl (C=O) groups excluding carboxylic acids is 2. The first kappa shape index (κ1) is 16.6. The summed E-state index contributed by atoms with van der Waals surface area (Å²) in [6.45, 7) is 5.04. The maximum atomic E-state index is 11.4. The molecule has 0 saturated heterocycles. The highest BCUT2D eigenvalue weighted by molar-refractivity contribution is 5.95. The first-order chi connectivity index (χ1) is 6.31. The van der Waals surface area contributed by atoms with Crippen LogP contribution in [0.2, 0.25) is 0 Å². The van der Waals surface area contributed by atoms with Gasteiger partial charge in [-0.3, -0.25) is 9.59 Å². The van der Waals surface area contributed by atoms with E-state index in [0.717, 1.165) is 0 Å². The molecule has 0 aromatic carbocycles. The van der Waals surface area contributed by atoms with Gasteiger partial charge in [-0.25, -0.2) is 0 Å². The molecule has 0 heterocycles. The predicted molar refractivity (Wildman–Crippen MR) is 57.7 cm³/mol. The number of carbonyl (C=O) groups is 2. The Kier molecular flexibility index (Phi) is 7.35.